The van der Waals surface area contributed by atoms with Crippen LogP contribution in [0.2, 0.25) is 0 Å². The first kappa shape index (κ1) is 8.92. The van der Waals surface area contributed by atoms with Gasteiger partial charge < -0.3 is 5.11 Å². The highest BCUT2D eigenvalue weighted by atomic mass is 16.3. The van der Waals surface area contributed by atoms with Crippen LogP contribution in [0.4, 0.5) is 0 Å². The van der Waals surface area contributed by atoms with Gasteiger partial charge in [-0.05, 0) is 27.8 Å². The SMILES string of the molecule is CN(CCO)C(C)(C)C. The first-order valence-corrected chi connectivity index (χ1v) is 3.30. The monoisotopic (exact) mass is 131 g/mol. The fourth-order valence-electron chi connectivity index (χ4n) is 0.485. The van der Waals surface area contributed by atoms with E-state index in [1.165, 1.54) is 0 Å². The number of hydrogen-bond donors (Lipinski definition) is 1. The van der Waals surface area contributed by atoms with Crippen molar-refractivity contribution in [3.63, 3.8) is 0 Å². The van der Waals surface area contributed by atoms with Crippen LogP contribution >= 0.6 is 0 Å². The fourth-order valence-corrected chi connectivity index (χ4v) is 0.485. The number of aliphatic hydroxyl groups excluding tert-OH is 1. The highest BCUT2D eigenvalue weighted by Crippen LogP contribution is 2.08. The predicted molar refractivity (Wildman–Crippen MR) is 39.5 cm³/mol. The molecule has 2 nitrogen and oxygen atoms in total. The number of rotatable bonds is 2. The molecule has 0 aromatic carbocycles. The van der Waals surface area contributed by atoms with Crippen molar-refractivity contribution in [1.82, 2.24) is 4.90 Å². The number of hydrogen-bond acceptors (Lipinski definition) is 2. The fraction of sp³-hybridized carbons (Fsp3) is 1.00. The van der Waals surface area contributed by atoms with E-state index in [9.17, 15) is 0 Å². The summed E-state index contributed by atoms with van der Waals surface area (Å²) in [7, 11) is 2.01. The summed E-state index contributed by atoms with van der Waals surface area (Å²) < 4.78 is 0. The van der Waals surface area contributed by atoms with Crippen LogP contribution in [0.15, 0.2) is 0 Å². The maximum Gasteiger partial charge on any atom is 0.0558 e. The molecular weight excluding hydrogens is 114 g/mol. The Morgan fingerprint density at radius 1 is 1.33 bits per heavy atom. The van der Waals surface area contributed by atoms with E-state index in [1.54, 1.807) is 0 Å². The molecule has 0 bridgehead atoms. The van der Waals surface area contributed by atoms with Crippen molar-refractivity contribution in [1.29, 1.82) is 0 Å². The van der Waals surface area contributed by atoms with Crippen LogP contribution in [0.1, 0.15) is 20.8 Å². The Kier molecular flexibility index (Phi) is 3.15. The summed E-state index contributed by atoms with van der Waals surface area (Å²) in [6, 6.07) is 0. The van der Waals surface area contributed by atoms with Gasteiger partial charge in [0.2, 0.25) is 0 Å². The predicted octanol–water partition coefficient (Wildman–Crippen LogP) is 0.709. The van der Waals surface area contributed by atoms with Crippen LogP contribution in [-0.2, 0) is 0 Å². The van der Waals surface area contributed by atoms with E-state index < -0.39 is 0 Å². The second kappa shape index (κ2) is 3.18. The molecule has 0 spiro atoms. The van der Waals surface area contributed by atoms with Crippen LogP contribution in [0, 0.1) is 0 Å². The van der Waals surface area contributed by atoms with E-state index in [1.807, 2.05) is 7.05 Å². The van der Waals surface area contributed by atoms with Gasteiger partial charge in [-0.3, -0.25) is 4.90 Å². The third-order valence-electron chi connectivity index (χ3n) is 1.58. The van der Waals surface area contributed by atoms with Gasteiger partial charge in [-0.2, -0.15) is 0 Å². The summed E-state index contributed by atoms with van der Waals surface area (Å²) in [5, 5.41) is 8.56. The Morgan fingerprint density at radius 2 is 1.78 bits per heavy atom. The van der Waals surface area contributed by atoms with Crippen molar-refractivity contribution in [2.45, 2.75) is 26.3 Å². The summed E-state index contributed by atoms with van der Waals surface area (Å²) >= 11 is 0. The van der Waals surface area contributed by atoms with E-state index in [2.05, 4.69) is 25.7 Å². The molecule has 0 unspecified atom stereocenters. The van der Waals surface area contributed by atoms with Gasteiger partial charge in [0, 0.05) is 12.1 Å². The van der Waals surface area contributed by atoms with Crippen LogP contribution in [0.5, 0.6) is 0 Å². The topological polar surface area (TPSA) is 23.5 Å². The zero-order chi connectivity index (χ0) is 7.49. The van der Waals surface area contributed by atoms with Crippen molar-refractivity contribution in [2.75, 3.05) is 20.2 Å². The largest absolute Gasteiger partial charge is 0.395 e. The van der Waals surface area contributed by atoms with Gasteiger partial charge in [-0.15, -0.1) is 0 Å². The Labute approximate surface area is 57.5 Å². The van der Waals surface area contributed by atoms with E-state index in [-0.39, 0.29) is 12.1 Å². The minimum atomic E-state index is 0.183. The normalized spacial score (nSPS) is 12.7. The first-order chi connectivity index (χ1) is 3.98. The Bertz CT molecular complexity index is 75.5. The van der Waals surface area contributed by atoms with Crippen molar-refractivity contribution >= 4 is 0 Å². The van der Waals surface area contributed by atoms with E-state index in [0.29, 0.717) is 0 Å². The number of likely N-dealkylation sites (N-methyl/N-ethyl adjacent to an activating group) is 1. The maximum absolute atomic E-state index is 8.56. The number of nitrogens with zero attached hydrogens (tertiary/aromatic N) is 1. The lowest BCUT2D eigenvalue weighted by atomic mass is 10.1. The van der Waals surface area contributed by atoms with Crippen molar-refractivity contribution in [2.24, 2.45) is 0 Å². The van der Waals surface area contributed by atoms with Gasteiger partial charge in [0.1, 0.15) is 0 Å². The van der Waals surface area contributed by atoms with Crippen LogP contribution < -0.4 is 0 Å². The van der Waals surface area contributed by atoms with Gasteiger partial charge in [-0.1, -0.05) is 0 Å². The van der Waals surface area contributed by atoms with Crippen molar-refractivity contribution in [3.05, 3.63) is 0 Å². The second-order valence-corrected chi connectivity index (χ2v) is 3.32. The lowest BCUT2D eigenvalue weighted by molar-refractivity contribution is 0.137. The Morgan fingerprint density at radius 3 is 1.89 bits per heavy atom. The maximum atomic E-state index is 8.56. The summed E-state index contributed by atoms with van der Waals surface area (Å²) in [5.74, 6) is 0. The van der Waals surface area contributed by atoms with Gasteiger partial charge in [0.25, 0.3) is 0 Å². The molecule has 1 N–H and O–H groups in total. The second-order valence-electron chi connectivity index (χ2n) is 3.32. The molecule has 0 aliphatic heterocycles. The molecule has 0 atom stereocenters. The van der Waals surface area contributed by atoms with Gasteiger partial charge in [-0.25, -0.2) is 0 Å². The molecule has 0 saturated heterocycles. The summed E-state index contributed by atoms with van der Waals surface area (Å²) in [4.78, 5) is 2.12. The highest BCUT2D eigenvalue weighted by molar-refractivity contribution is 4.71. The third-order valence-corrected chi connectivity index (χ3v) is 1.58. The molecule has 0 aliphatic rings. The number of aliphatic hydroxyl groups is 1. The Balaban J connectivity index is 3.59. The average molecular weight is 131 g/mol. The zero-order valence-corrected chi connectivity index (χ0v) is 6.81. The van der Waals surface area contributed by atoms with Gasteiger partial charge >= 0.3 is 0 Å². The average Bonchev–Trinajstić information content (AvgIpc) is 1.64. The standard InChI is InChI=1S/C7H17NO/c1-7(2,3)8(4)5-6-9/h9H,5-6H2,1-4H3. The molecular formula is C7H17NO. The molecule has 0 amide bonds. The van der Waals surface area contributed by atoms with Crippen LogP contribution in [0.25, 0.3) is 0 Å². The molecule has 9 heavy (non-hydrogen) atoms. The summed E-state index contributed by atoms with van der Waals surface area (Å²) in [5.41, 5.74) is 0.183. The molecule has 0 aliphatic carbocycles. The van der Waals surface area contributed by atoms with Crippen molar-refractivity contribution < 1.29 is 5.11 Å². The molecule has 56 valence electrons. The molecule has 0 fully saturated rings. The van der Waals surface area contributed by atoms with Crippen LogP contribution in [0.3, 0.4) is 0 Å². The van der Waals surface area contributed by atoms with E-state index >= 15 is 0 Å². The van der Waals surface area contributed by atoms with E-state index in [0.717, 1.165) is 6.54 Å². The quantitative estimate of drug-likeness (QED) is 0.596. The van der Waals surface area contributed by atoms with Gasteiger partial charge in [0.15, 0.2) is 0 Å². The molecule has 0 aromatic rings. The minimum Gasteiger partial charge on any atom is -0.395 e. The van der Waals surface area contributed by atoms with Gasteiger partial charge in [0.05, 0.1) is 6.61 Å². The van der Waals surface area contributed by atoms with E-state index in [4.69, 9.17) is 5.11 Å². The zero-order valence-electron chi connectivity index (χ0n) is 6.81. The minimum absolute atomic E-state index is 0.183. The summed E-state index contributed by atoms with van der Waals surface area (Å²) in [6.45, 7) is 7.38. The Hall–Kier alpha value is -0.0800. The third kappa shape index (κ3) is 3.49. The van der Waals surface area contributed by atoms with Crippen molar-refractivity contribution in [3.8, 4) is 0 Å². The molecule has 0 rings (SSSR count). The molecule has 2 heteroatoms. The molecule has 0 radical (unpaired) electrons. The lowest BCUT2D eigenvalue weighted by Crippen LogP contribution is -2.39. The highest BCUT2D eigenvalue weighted by Gasteiger charge is 2.14. The summed E-state index contributed by atoms with van der Waals surface area (Å²) in [6.07, 6.45) is 0. The lowest BCUT2D eigenvalue weighted by Gasteiger charge is -2.30. The smallest absolute Gasteiger partial charge is 0.0558 e. The number of β-amino-alcohol motifs (C(OH)–C–C–N with tert-alkyl or cyclic N) is 1. The van der Waals surface area contributed by atoms with Crippen LogP contribution in [-0.4, -0.2) is 35.7 Å². The molecule has 0 aromatic heterocycles. The first-order valence-electron chi connectivity index (χ1n) is 3.30. The molecule has 0 saturated carbocycles. The molecule has 0 heterocycles.